The van der Waals surface area contributed by atoms with Crippen LogP contribution in [0, 0.1) is 0 Å². The summed E-state index contributed by atoms with van der Waals surface area (Å²) in [5, 5.41) is 10.3. The van der Waals surface area contributed by atoms with Crippen molar-refractivity contribution in [1.29, 1.82) is 0 Å². The van der Waals surface area contributed by atoms with E-state index in [1.165, 1.54) is 97.0 Å². The van der Waals surface area contributed by atoms with Gasteiger partial charge in [-0.05, 0) is 101 Å². The lowest BCUT2D eigenvalue weighted by molar-refractivity contribution is 1.62. The maximum atomic E-state index is 2.37. The predicted molar refractivity (Wildman–Crippen MR) is 214 cm³/mol. The highest BCUT2D eigenvalue weighted by molar-refractivity contribution is 7.25. The first-order valence-corrected chi connectivity index (χ1v) is 17.7. The third-order valence-corrected chi connectivity index (χ3v) is 11.2. The normalized spacial score (nSPS) is 11.7. The standard InChI is InChI=1S/C48H30S/c1-2-15-37-32(11-1)12-10-21-38(37)35-13-9-14-36(29-35)48-42-19-5-3-17-40(42)47(41-18-4-6-20-43(41)48)33-25-23-31(24-26-33)34-27-28-46-44(30-34)39-16-7-8-22-45(39)49-46/h1-30H. The van der Waals surface area contributed by atoms with Gasteiger partial charge in [0, 0.05) is 20.2 Å². The summed E-state index contributed by atoms with van der Waals surface area (Å²) in [6.45, 7) is 0. The fourth-order valence-corrected chi connectivity index (χ4v) is 8.89. The van der Waals surface area contributed by atoms with Crippen molar-refractivity contribution in [1.82, 2.24) is 0 Å². The van der Waals surface area contributed by atoms with E-state index < -0.39 is 0 Å². The first kappa shape index (κ1) is 28.0. The molecule has 9 aromatic carbocycles. The van der Waals surface area contributed by atoms with Gasteiger partial charge in [-0.2, -0.15) is 0 Å². The molecule has 0 aliphatic heterocycles. The second-order valence-electron chi connectivity index (χ2n) is 12.8. The van der Waals surface area contributed by atoms with Crippen LogP contribution in [0.25, 0.3) is 97.0 Å². The molecule has 1 heteroatoms. The number of rotatable bonds is 4. The molecule has 0 spiro atoms. The van der Waals surface area contributed by atoms with Crippen LogP contribution in [0.5, 0.6) is 0 Å². The molecule has 0 fully saturated rings. The lowest BCUT2D eigenvalue weighted by Gasteiger charge is -2.18. The summed E-state index contributed by atoms with van der Waals surface area (Å²) in [4.78, 5) is 0. The Labute approximate surface area is 289 Å². The van der Waals surface area contributed by atoms with Crippen LogP contribution in [0.1, 0.15) is 0 Å². The molecule has 0 saturated carbocycles. The van der Waals surface area contributed by atoms with E-state index in [1.807, 2.05) is 11.3 Å². The van der Waals surface area contributed by atoms with Crippen molar-refractivity contribution in [3.63, 3.8) is 0 Å². The molecule has 1 heterocycles. The Kier molecular flexibility index (Phi) is 6.47. The number of hydrogen-bond acceptors (Lipinski definition) is 1. The quantitative estimate of drug-likeness (QED) is 0.168. The fraction of sp³-hybridized carbons (Fsp3) is 0. The Morgan fingerprint density at radius 3 is 1.51 bits per heavy atom. The molecule has 0 aliphatic carbocycles. The monoisotopic (exact) mass is 638 g/mol. The van der Waals surface area contributed by atoms with Gasteiger partial charge >= 0.3 is 0 Å². The molecule has 0 unspecified atom stereocenters. The third-order valence-electron chi connectivity index (χ3n) is 10.1. The van der Waals surface area contributed by atoms with Gasteiger partial charge in [0.15, 0.2) is 0 Å². The molecule has 1 aromatic heterocycles. The largest absolute Gasteiger partial charge is 0.135 e. The molecular formula is C48H30S. The highest BCUT2D eigenvalue weighted by Crippen LogP contribution is 2.45. The van der Waals surface area contributed by atoms with E-state index >= 15 is 0 Å². The second-order valence-corrected chi connectivity index (χ2v) is 13.9. The molecular weight excluding hydrogens is 609 g/mol. The summed E-state index contributed by atoms with van der Waals surface area (Å²) in [6.07, 6.45) is 0. The Bertz CT molecular complexity index is 2810. The molecule has 0 radical (unpaired) electrons. The smallest absolute Gasteiger partial charge is 0.0355 e. The third kappa shape index (κ3) is 4.58. The zero-order chi connectivity index (χ0) is 32.3. The molecule has 10 aromatic rings. The zero-order valence-corrected chi connectivity index (χ0v) is 27.5. The molecule has 0 nitrogen and oxygen atoms in total. The van der Waals surface area contributed by atoms with Gasteiger partial charge in [0.25, 0.3) is 0 Å². The van der Waals surface area contributed by atoms with Gasteiger partial charge in [-0.3, -0.25) is 0 Å². The minimum Gasteiger partial charge on any atom is -0.135 e. The molecule has 0 amide bonds. The summed E-state index contributed by atoms with van der Waals surface area (Å²) < 4.78 is 2.68. The minimum absolute atomic E-state index is 1.23. The van der Waals surface area contributed by atoms with E-state index in [4.69, 9.17) is 0 Å². The average Bonchev–Trinajstić information content (AvgIpc) is 3.55. The Morgan fingerprint density at radius 1 is 0.265 bits per heavy atom. The Hall–Kier alpha value is -6.02. The molecule has 0 N–H and O–H groups in total. The van der Waals surface area contributed by atoms with Crippen LogP contribution in [0.2, 0.25) is 0 Å². The molecule has 0 atom stereocenters. The van der Waals surface area contributed by atoms with Crippen molar-refractivity contribution in [3.05, 3.63) is 182 Å². The topological polar surface area (TPSA) is 0 Å². The minimum atomic E-state index is 1.23. The summed E-state index contributed by atoms with van der Waals surface area (Å²) in [5.74, 6) is 0. The Balaban J connectivity index is 1.13. The van der Waals surface area contributed by atoms with Crippen molar-refractivity contribution < 1.29 is 0 Å². The van der Waals surface area contributed by atoms with Crippen molar-refractivity contribution in [3.8, 4) is 44.5 Å². The van der Waals surface area contributed by atoms with Crippen molar-refractivity contribution in [2.75, 3.05) is 0 Å². The van der Waals surface area contributed by atoms with Crippen molar-refractivity contribution in [2.45, 2.75) is 0 Å². The second kappa shape index (κ2) is 11.3. The molecule has 49 heavy (non-hydrogen) atoms. The molecule has 228 valence electrons. The Morgan fingerprint density at radius 2 is 0.776 bits per heavy atom. The van der Waals surface area contributed by atoms with Gasteiger partial charge in [0.05, 0.1) is 0 Å². The van der Waals surface area contributed by atoms with Gasteiger partial charge in [-0.15, -0.1) is 11.3 Å². The van der Waals surface area contributed by atoms with Gasteiger partial charge in [-0.1, -0.05) is 158 Å². The van der Waals surface area contributed by atoms with E-state index in [0.717, 1.165) is 0 Å². The summed E-state index contributed by atoms with van der Waals surface area (Å²) in [7, 11) is 0. The van der Waals surface area contributed by atoms with Gasteiger partial charge < -0.3 is 0 Å². The maximum Gasteiger partial charge on any atom is 0.0355 e. The van der Waals surface area contributed by atoms with E-state index in [0.29, 0.717) is 0 Å². The highest BCUT2D eigenvalue weighted by atomic mass is 32.1. The van der Waals surface area contributed by atoms with Crippen LogP contribution in [0.15, 0.2) is 182 Å². The molecule has 10 rings (SSSR count). The SMILES string of the molecule is c1cc(-c2cccc3ccccc23)cc(-c2c3ccccc3c(-c3ccc(-c4ccc5sc6ccccc6c5c4)cc3)c3ccccc23)c1. The summed E-state index contributed by atoms with van der Waals surface area (Å²) in [5.41, 5.74) is 10.0. The van der Waals surface area contributed by atoms with E-state index in [-0.39, 0.29) is 0 Å². The molecule has 0 bridgehead atoms. The summed E-state index contributed by atoms with van der Waals surface area (Å²) in [6, 6.07) is 67.0. The number of benzene rings is 9. The van der Waals surface area contributed by atoms with Crippen LogP contribution in [0.4, 0.5) is 0 Å². The van der Waals surface area contributed by atoms with Crippen LogP contribution < -0.4 is 0 Å². The van der Waals surface area contributed by atoms with Gasteiger partial charge in [0.2, 0.25) is 0 Å². The number of fused-ring (bicyclic) bond motifs is 6. The van der Waals surface area contributed by atoms with E-state index in [9.17, 15) is 0 Å². The van der Waals surface area contributed by atoms with Crippen LogP contribution in [-0.4, -0.2) is 0 Å². The van der Waals surface area contributed by atoms with Crippen LogP contribution in [0.3, 0.4) is 0 Å². The first-order chi connectivity index (χ1) is 24.3. The first-order valence-electron chi connectivity index (χ1n) is 16.8. The van der Waals surface area contributed by atoms with Crippen LogP contribution >= 0.6 is 11.3 Å². The van der Waals surface area contributed by atoms with Gasteiger partial charge in [0.1, 0.15) is 0 Å². The molecule has 0 aliphatic rings. The summed E-state index contributed by atoms with van der Waals surface area (Å²) >= 11 is 1.87. The van der Waals surface area contributed by atoms with E-state index in [1.54, 1.807) is 0 Å². The zero-order valence-electron chi connectivity index (χ0n) is 26.7. The highest BCUT2D eigenvalue weighted by Gasteiger charge is 2.17. The predicted octanol–water partition coefficient (Wildman–Crippen LogP) is 14.2. The maximum absolute atomic E-state index is 2.37. The average molecular weight is 639 g/mol. The lowest BCUT2D eigenvalue weighted by Crippen LogP contribution is -1.91. The van der Waals surface area contributed by atoms with Crippen molar-refractivity contribution in [2.24, 2.45) is 0 Å². The van der Waals surface area contributed by atoms with Crippen molar-refractivity contribution >= 4 is 63.8 Å². The van der Waals surface area contributed by atoms with Gasteiger partial charge in [-0.25, -0.2) is 0 Å². The van der Waals surface area contributed by atoms with E-state index in [2.05, 4.69) is 182 Å². The molecule has 0 saturated heterocycles. The van der Waals surface area contributed by atoms with Crippen LogP contribution in [-0.2, 0) is 0 Å². The fourth-order valence-electron chi connectivity index (χ4n) is 7.80. The number of thiophene rings is 1. The number of hydrogen-bond donors (Lipinski definition) is 0. The lowest BCUT2D eigenvalue weighted by atomic mass is 9.85.